The van der Waals surface area contributed by atoms with E-state index in [1.165, 1.54) is 0 Å². The lowest BCUT2D eigenvalue weighted by molar-refractivity contribution is -0.129. The van der Waals surface area contributed by atoms with E-state index in [-0.39, 0.29) is 5.91 Å². The van der Waals surface area contributed by atoms with Crippen LogP contribution in [0.1, 0.15) is 12.8 Å². The molecule has 1 rings (SSSR count). The molecular formula is C15H23N3O2S. The Morgan fingerprint density at radius 3 is 2.52 bits per heavy atom. The van der Waals surface area contributed by atoms with Crippen molar-refractivity contribution in [3.63, 3.8) is 0 Å². The molecule has 0 aliphatic heterocycles. The molecule has 1 amide bonds. The molecule has 0 heterocycles. The Labute approximate surface area is 131 Å². The van der Waals surface area contributed by atoms with Gasteiger partial charge in [0.05, 0.1) is 17.8 Å². The first kappa shape index (κ1) is 17.2. The van der Waals surface area contributed by atoms with E-state index in [1.807, 2.05) is 36.2 Å². The largest absolute Gasteiger partial charge is 0.495 e. The molecule has 0 aromatic heterocycles. The van der Waals surface area contributed by atoms with Gasteiger partial charge in [-0.15, -0.1) is 0 Å². The number of amides is 1. The van der Waals surface area contributed by atoms with Gasteiger partial charge in [-0.25, -0.2) is 0 Å². The number of para-hydroxylation sites is 2. The fraction of sp³-hybridized carbons (Fsp3) is 0.467. The maximum atomic E-state index is 12.0. The van der Waals surface area contributed by atoms with Crippen LogP contribution in [0.2, 0.25) is 0 Å². The van der Waals surface area contributed by atoms with Crippen molar-refractivity contribution in [2.75, 3.05) is 39.2 Å². The molecule has 6 heteroatoms. The molecule has 1 aromatic rings. The summed E-state index contributed by atoms with van der Waals surface area (Å²) >= 11 is 4.82. The first-order valence-electron chi connectivity index (χ1n) is 6.82. The van der Waals surface area contributed by atoms with Crippen molar-refractivity contribution in [2.45, 2.75) is 12.8 Å². The Morgan fingerprint density at radius 2 is 1.90 bits per heavy atom. The number of rotatable bonds is 8. The summed E-state index contributed by atoms with van der Waals surface area (Å²) in [6.45, 7) is 1.18. The van der Waals surface area contributed by atoms with Crippen LogP contribution in [0, 0.1) is 0 Å². The van der Waals surface area contributed by atoms with Crippen molar-refractivity contribution in [1.29, 1.82) is 0 Å². The number of hydrogen-bond donors (Lipinski definition) is 1. The second-order valence-corrected chi connectivity index (χ2v) is 5.40. The molecule has 0 aliphatic carbocycles. The third-order valence-electron chi connectivity index (χ3n) is 3.28. The van der Waals surface area contributed by atoms with Crippen LogP contribution in [0.3, 0.4) is 0 Å². The number of hydrogen-bond acceptors (Lipinski definition) is 4. The molecule has 0 atom stereocenters. The second kappa shape index (κ2) is 8.46. The smallest absolute Gasteiger partial charge is 0.224 e. The van der Waals surface area contributed by atoms with Crippen LogP contribution in [0.15, 0.2) is 24.3 Å². The number of nitrogens with zero attached hydrogens (tertiary/aromatic N) is 2. The molecule has 0 saturated carbocycles. The molecular weight excluding hydrogens is 286 g/mol. The average molecular weight is 309 g/mol. The lowest BCUT2D eigenvalue weighted by Gasteiger charge is -2.23. The van der Waals surface area contributed by atoms with Gasteiger partial charge in [-0.3, -0.25) is 4.79 Å². The zero-order valence-electron chi connectivity index (χ0n) is 12.8. The SMILES string of the molecule is COc1ccccc1N(C)CCC(=O)N(C)CCC(N)=S. The monoisotopic (exact) mass is 309 g/mol. The maximum Gasteiger partial charge on any atom is 0.224 e. The molecule has 0 radical (unpaired) electrons. The zero-order valence-corrected chi connectivity index (χ0v) is 13.7. The van der Waals surface area contributed by atoms with Gasteiger partial charge in [0.15, 0.2) is 0 Å². The highest BCUT2D eigenvalue weighted by molar-refractivity contribution is 7.80. The van der Waals surface area contributed by atoms with E-state index in [2.05, 4.69) is 0 Å². The van der Waals surface area contributed by atoms with Gasteiger partial charge < -0.3 is 20.3 Å². The molecule has 0 saturated heterocycles. The highest BCUT2D eigenvalue weighted by Crippen LogP contribution is 2.26. The normalized spacial score (nSPS) is 10.0. The lowest BCUT2D eigenvalue weighted by Crippen LogP contribution is -2.32. The topological polar surface area (TPSA) is 58.8 Å². The van der Waals surface area contributed by atoms with E-state index >= 15 is 0 Å². The van der Waals surface area contributed by atoms with Gasteiger partial charge in [0.25, 0.3) is 0 Å². The van der Waals surface area contributed by atoms with Gasteiger partial charge >= 0.3 is 0 Å². The third-order valence-corrected chi connectivity index (χ3v) is 3.48. The first-order chi connectivity index (χ1) is 9.95. The highest BCUT2D eigenvalue weighted by atomic mass is 32.1. The standard InChI is InChI=1S/C15H23N3O2S/c1-17(12-6-4-5-7-13(12)20-3)11-9-15(19)18(2)10-8-14(16)21/h4-7H,8-11H2,1-3H3,(H2,16,21). The number of benzene rings is 1. The maximum absolute atomic E-state index is 12.0. The van der Waals surface area contributed by atoms with Crippen LogP contribution < -0.4 is 15.4 Å². The second-order valence-electron chi connectivity index (χ2n) is 4.88. The number of nitrogens with two attached hydrogens (primary N) is 1. The predicted molar refractivity (Wildman–Crippen MR) is 89.9 cm³/mol. The minimum Gasteiger partial charge on any atom is -0.495 e. The van der Waals surface area contributed by atoms with Gasteiger partial charge in [0.2, 0.25) is 5.91 Å². The van der Waals surface area contributed by atoms with Gasteiger partial charge in [-0.1, -0.05) is 24.4 Å². The summed E-state index contributed by atoms with van der Waals surface area (Å²) in [5.74, 6) is 0.877. The lowest BCUT2D eigenvalue weighted by atomic mass is 10.2. The minimum absolute atomic E-state index is 0.0768. The van der Waals surface area contributed by atoms with E-state index in [9.17, 15) is 4.79 Å². The Balaban J connectivity index is 2.50. The van der Waals surface area contributed by atoms with Crippen LogP contribution in [0.25, 0.3) is 0 Å². The molecule has 0 unspecified atom stereocenters. The fourth-order valence-electron chi connectivity index (χ4n) is 1.92. The van der Waals surface area contributed by atoms with Crippen LogP contribution in [0.4, 0.5) is 5.69 Å². The number of carbonyl (C=O) groups excluding carboxylic acids is 1. The number of methoxy groups -OCH3 is 1. The quantitative estimate of drug-likeness (QED) is 0.740. The Bertz CT molecular complexity index is 494. The Kier molecular flexibility index (Phi) is 6.94. The molecule has 1 aromatic carbocycles. The first-order valence-corrected chi connectivity index (χ1v) is 7.23. The van der Waals surface area contributed by atoms with Crippen LogP contribution in [-0.4, -0.2) is 50.1 Å². The summed E-state index contributed by atoms with van der Waals surface area (Å²) in [7, 11) is 5.35. The van der Waals surface area contributed by atoms with Crippen molar-refractivity contribution >= 4 is 28.8 Å². The van der Waals surface area contributed by atoms with Crippen molar-refractivity contribution in [3.05, 3.63) is 24.3 Å². The molecule has 0 spiro atoms. The summed E-state index contributed by atoms with van der Waals surface area (Å²) in [5, 5.41) is 0. The number of carbonyl (C=O) groups is 1. The number of ether oxygens (including phenoxy) is 1. The van der Waals surface area contributed by atoms with Crippen LogP contribution >= 0.6 is 12.2 Å². The van der Waals surface area contributed by atoms with E-state index < -0.39 is 0 Å². The molecule has 0 fully saturated rings. The van der Waals surface area contributed by atoms with E-state index in [1.54, 1.807) is 19.1 Å². The molecule has 21 heavy (non-hydrogen) atoms. The van der Waals surface area contributed by atoms with Crippen molar-refractivity contribution < 1.29 is 9.53 Å². The molecule has 116 valence electrons. The van der Waals surface area contributed by atoms with Gasteiger partial charge in [0, 0.05) is 40.0 Å². The van der Waals surface area contributed by atoms with E-state index in [4.69, 9.17) is 22.7 Å². The average Bonchev–Trinajstić information content (AvgIpc) is 2.49. The summed E-state index contributed by atoms with van der Waals surface area (Å²) < 4.78 is 5.32. The Morgan fingerprint density at radius 1 is 1.24 bits per heavy atom. The molecule has 5 nitrogen and oxygen atoms in total. The summed E-state index contributed by atoms with van der Waals surface area (Å²) in [5.41, 5.74) is 6.41. The summed E-state index contributed by atoms with van der Waals surface area (Å²) in [6.07, 6.45) is 0.988. The van der Waals surface area contributed by atoms with Gasteiger partial charge in [0.1, 0.15) is 5.75 Å². The van der Waals surface area contributed by atoms with Gasteiger partial charge in [-0.2, -0.15) is 0 Å². The van der Waals surface area contributed by atoms with E-state index in [0.717, 1.165) is 11.4 Å². The predicted octanol–water partition coefficient (Wildman–Crippen LogP) is 1.66. The van der Waals surface area contributed by atoms with Crippen molar-refractivity contribution in [1.82, 2.24) is 4.90 Å². The van der Waals surface area contributed by atoms with Crippen molar-refractivity contribution in [3.8, 4) is 5.75 Å². The zero-order chi connectivity index (χ0) is 15.8. The summed E-state index contributed by atoms with van der Waals surface area (Å²) in [4.78, 5) is 16.1. The third kappa shape index (κ3) is 5.59. The minimum atomic E-state index is 0.0768. The van der Waals surface area contributed by atoms with Crippen LogP contribution in [0.5, 0.6) is 5.75 Å². The van der Waals surface area contributed by atoms with Gasteiger partial charge in [-0.05, 0) is 12.1 Å². The number of anilines is 1. The molecule has 0 bridgehead atoms. The van der Waals surface area contributed by atoms with E-state index in [0.29, 0.717) is 30.9 Å². The number of thiocarbonyl (C=S) groups is 1. The summed E-state index contributed by atoms with van der Waals surface area (Å²) in [6, 6.07) is 7.75. The fourth-order valence-corrected chi connectivity index (χ4v) is 2.01. The van der Waals surface area contributed by atoms with Crippen LogP contribution in [-0.2, 0) is 4.79 Å². The van der Waals surface area contributed by atoms with Crippen molar-refractivity contribution in [2.24, 2.45) is 5.73 Å². The Hall–Kier alpha value is -1.82. The highest BCUT2D eigenvalue weighted by Gasteiger charge is 2.12. The molecule has 0 aliphatic rings. The molecule has 2 N–H and O–H groups in total.